The average molecular weight is 352 g/mol. The number of aromatic nitrogens is 2. The van der Waals surface area contributed by atoms with Crippen molar-refractivity contribution in [3.63, 3.8) is 0 Å². The summed E-state index contributed by atoms with van der Waals surface area (Å²) in [5.74, 6) is 0.0959. The first-order chi connectivity index (χ1) is 10.9. The largest absolute Gasteiger partial charge is 0.408 e. The van der Waals surface area contributed by atoms with Gasteiger partial charge in [-0.25, -0.2) is 4.98 Å². The molecule has 0 aliphatic carbocycles. The molecule has 5 nitrogen and oxygen atoms in total. The Morgan fingerprint density at radius 3 is 2.65 bits per heavy atom. The van der Waals surface area contributed by atoms with E-state index in [1.807, 2.05) is 0 Å². The zero-order valence-corrected chi connectivity index (χ0v) is 13.1. The van der Waals surface area contributed by atoms with Gasteiger partial charge in [-0.1, -0.05) is 11.6 Å². The van der Waals surface area contributed by atoms with Crippen LogP contribution in [0, 0.1) is 5.92 Å². The lowest BCUT2D eigenvalue weighted by molar-refractivity contribution is -0.153. The van der Waals surface area contributed by atoms with Crippen LogP contribution in [-0.2, 0) is 11.3 Å². The van der Waals surface area contributed by atoms with Crippen LogP contribution in [0.3, 0.4) is 0 Å². The summed E-state index contributed by atoms with van der Waals surface area (Å²) in [6.07, 6.45) is -3.14. The van der Waals surface area contributed by atoms with Crippen LogP contribution in [0.4, 0.5) is 19.1 Å². The van der Waals surface area contributed by atoms with Crippen LogP contribution < -0.4 is 10.5 Å². The predicted molar refractivity (Wildman–Crippen MR) is 78.9 cm³/mol. The highest BCUT2D eigenvalue weighted by Gasteiger charge is 2.47. The van der Waals surface area contributed by atoms with E-state index in [1.165, 1.54) is 9.47 Å². The Kier molecular flexibility index (Phi) is 4.55. The van der Waals surface area contributed by atoms with E-state index >= 15 is 0 Å². The van der Waals surface area contributed by atoms with Gasteiger partial charge in [0.05, 0.1) is 0 Å². The molecular weight excluding hydrogens is 335 g/mol. The van der Waals surface area contributed by atoms with Crippen molar-refractivity contribution < 1.29 is 17.9 Å². The van der Waals surface area contributed by atoms with Crippen molar-refractivity contribution in [3.05, 3.63) is 21.6 Å². The van der Waals surface area contributed by atoms with E-state index in [2.05, 4.69) is 4.98 Å². The molecule has 2 aliphatic rings. The Morgan fingerprint density at radius 2 is 2.00 bits per heavy atom. The van der Waals surface area contributed by atoms with E-state index in [9.17, 15) is 18.0 Å². The van der Waals surface area contributed by atoms with Gasteiger partial charge in [-0.05, 0) is 25.2 Å². The topological polar surface area (TPSA) is 47.4 Å². The highest BCUT2D eigenvalue weighted by Crippen LogP contribution is 2.35. The van der Waals surface area contributed by atoms with Gasteiger partial charge in [0, 0.05) is 32.4 Å². The summed E-state index contributed by atoms with van der Waals surface area (Å²) in [4.78, 5) is 17.2. The van der Waals surface area contributed by atoms with Crippen LogP contribution in [0.5, 0.6) is 0 Å². The molecule has 0 aromatic carbocycles. The molecule has 0 radical (unpaired) electrons. The first-order valence-electron chi connectivity index (χ1n) is 7.55. The molecule has 1 atom stereocenters. The molecule has 3 rings (SSSR count). The van der Waals surface area contributed by atoms with Crippen molar-refractivity contribution in [3.8, 4) is 0 Å². The Labute approximate surface area is 136 Å². The van der Waals surface area contributed by atoms with Crippen LogP contribution in [0.2, 0.25) is 5.15 Å². The number of hydrogen-bond donors (Lipinski definition) is 0. The van der Waals surface area contributed by atoms with E-state index < -0.39 is 17.8 Å². The minimum Gasteiger partial charge on any atom is -0.381 e. The number of alkyl halides is 3. The van der Waals surface area contributed by atoms with Crippen LogP contribution in [-0.4, -0.2) is 41.5 Å². The molecule has 1 aromatic heterocycles. The van der Waals surface area contributed by atoms with Crippen molar-refractivity contribution in [1.29, 1.82) is 0 Å². The molecule has 2 aliphatic heterocycles. The predicted octanol–water partition coefficient (Wildman–Crippen LogP) is 2.46. The summed E-state index contributed by atoms with van der Waals surface area (Å²) in [5.41, 5.74) is -0.419. The first-order valence-corrected chi connectivity index (χ1v) is 7.92. The summed E-state index contributed by atoms with van der Waals surface area (Å²) in [7, 11) is 0. The first kappa shape index (κ1) is 16.6. The van der Waals surface area contributed by atoms with Gasteiger partial charge >= 0.3 is 6.18 Å². The lowest BCUT2D eigenvalue weighted by Crippen LogP contribution is -2.54. The van der Waals surface area contributed by atoms with Crippen LogP contribution >= 0.6 is 11.6 Å². The molecule has 0 unspecified atom stereocenters. The fourth-order valence-corrected chi connectivity index (χ4v) is 3.37. The zero-order valence-electron chi connectivity index (χ0n) is 12.4. The maximum Gasteiger partial charge on any atom is 0.408 e. The number of fused-ring (bicyclic) bond motifs is 1. The van der Waals surface area contributed by atoms with Gasteiger partial charge in [0.15, 0.2) is 0 Å². The van der Waals surface area contributed by atoms with E-state index in [0.29, 0.717) is 26.1 Å². The fraction of sp³-hybridized carbons (Fsp3) is 0.714. The number of hydrogen-bond acceptors (Lipinski definition) is 4. The Hall–Kier alpha value is -1.28. The highest BCUT2D eigenvalue weighted by atomic mass is 35.5. The third-order valence-corrected chi connectivity index (χ3v) is 4.58. The SMILES string of the molecule is O=c1cc(Cl)nc2n1CC[C@@H](C(F)(F)F)N2CC1CCOCC1. The summed E-state index contributed by atoms with van der Waals surface area (Å²) in [5, 5.41) is -0.0824. The monoisotopic (exact) mass is 351 g/mol. The molecule has 9 heteroatoms. The molecule has 0 saturated carbocycles. The maximum atomic E-state index is 13.4. The second-order valence-corrected chi connectivity index (χ2v) is 6.31. The lowest BCUT2D eigenvalue weighted by Gasteiger charge is -2.41. The van der Waals surface area contributed by atoms with Crippen molar-refractivity contribution in [2.45, 2.75) is 38.0 Å². The molecule has 0 bridgehead atoms. The number of rotatable bonds is 2. The van der Waals surface area contributed by atoms with E-state index in [0.717, 1.165) is 6.07 Å². The van der Waals surface area contributed by atoms with Crippen LogP contribution in [0.25, 0.3) is 0 Å². The molecule has 1 fully saturated rings. The van der Waals surface area contributed by atoms with E-state index in [4.69, 9.17) is 16.3 Å². The second kappa shape index (κ2) is 6.32. The van der Waals surface area contributed by atoms with E-state index in [1.54, 1.807) is 0 Å². The Morgan fingerprint density at radius 1 is 1.30 bits per heavy atom. The summed E-state index contributed by atoms with van der Waals surface area (Å²) >= 11 is 5.80. The second-order valence-electron chi connectivity index (χ2n) is 5.92. The molecule has 0 amide bonds. The smallest absolute Gasteiger partial charge is 0.381 e. The van der Waals surface area contributed by atoms with Crippen LogP contribution in [0.1, 0.15) is 19.3 Å². The molecule has 0 N–H and O–H groups in total. The molecule has 1 saturated heterocycles. The average Bonchev–Trinajstić information content (AvgIpc) is 2.47. The number of nitrogens with zero attached hydrogens (tertiary/aromatic N) is 3. The molecule has 23 heavy (non-hydrogen) atoms. The normalized spacial score (nSPS) is 23.0. The van der Waals surface area contributed by atoms with Crippen molar-refractivity contribution in [2.24, 2.45) is 5.92 Å². The molecule has 128 valence electrons. The van der Waals surface area contributed by atoms with Crippen LogP contribution in [0.15, 0.2) is 10.9 Å². The van der Waals surface area contributed by atoms with Gasteiger partial charge in [0.25, 0.3) is 5.56 Å². The Balaban J connectivity index is 1.97. The lowest BCUT2D eigenvalue weighted by atomic mass is 9.98. The standard InChI is InChI=1S/C14H17ClF3N3O2/c15-11-7-12(22)20-4-1-10(14(16,17)18)21(13(20)19-11)8-9-2-5-23-6-3-9/h7,9-10H,1-6,8H2/t10-/m0/s1. The molecule has 3 heterocycles. The highest BCUT2D eigenvalue weighted by molar-refractivity contribution is 6.29. The van der Waals surface area contributed by atoms with Crippen molar-refractivity contribution in [1.82, 2.24) is 9.55 Å². The third kappa shape index (κ3) is 3.47. The van der Waals surface area contributed by atoms with Gasteiger partial charge in [-0.2, -0.15) is 13.2 Å². The molecular formula is C14H17ClF3N3O2. The molecule has 1 aromatic rings. The Bertz CT molecular complexity index is 629. The van der Waals surface area contributed by atoms with Gasteiger partial charge < -0.3 is 9.64 Å². The number of ether oxygens (including phenoxy) is 1. The zero-order chi connectivity index (χ0) is 16.6. The fourth-order valence-electron chi connectivity index (χ4n) is 3.20. The third-order valence-electron chi connectivity index (χ3n) is 4.39. The summed E-state index contributed by atoms with van der Waals surface area (Å²) in [6.45, 7) is 1.28. The number of halogens is 4. The van der Waals surface area contributed by atoms with Crippen molar-refractivity contribution in [2.75, 3.05) is 24.7 Å². The summed E-state index contributed by atoms with van der Waals surface area (Å²) in [6, 6.07) is -0.512. The minimum atomic E-state index is -4.38. The molecule has 0 spiro atoms. The van der Waals surface area contributed by atoms with Gasteiger partial charge in [-0.3, -0.25) is 9.36 Å². The van der Waals surface area contributed by atoms with E-state index in [-0.39, 0.29) is 36.5 Å². The van der Waals surface area contributed by atoms with Gasteiger partial charge in [-0.15, -0.1) is 0 Å². The minimum absolute atomic E-state index is 0.00715. The number of anilines is 1. The van der Waals surface area contributed by atoms with Gasteiger partial charge in [0.1, 0.15) is 11.2 Å². The summed E-state index contributed by atoms with van der Waals surface area (Å²) < 4.78 is 46.8. The van der Waals surface area contributed by atoms with Gasteiger partial charge in [0.2, 0.25) is 5.95 Å². The van der Waals surface area contributed by atoms with Crippen molar-refractivity contribution >= 4 is 17.5 Å². The maximum absolute atomic E-state index is 13.4. The quantitative estimate of drug-likeness (QED) is 0.768.